The van der Waals surface area contributed by atoms with Crippen molar-refractivity contribution in [3.8, 4) is 11.3 Å². The molecular formula is C27H30NO+. The number of furan rings is 1. The van der Waals surface area contributed by atoms with Gasteiger partial charge in [0.25, 0.3) is 0 Å². The lowest BCUT2D eigenvalue weighted by Crippen LogP contribution is -2.31. The van der Waals surface area contributed by atoms with Crippen LogP contribution < -0.4 is 4.57 Å². The van der Waals surface area contributed by atoms with Crippen molar-refractivity contribution in [2.75, 3.05) is 0 Å². The highest BCUT2D eigenvalue weighted by Crippen LogP contribution is 2.39. The minimum atomic E-state index is 0.495. The summed E-state index contributed by atoms with van der Waals surface area (Å²) in [6.07, 6.45) is 7.58. The van der Waals surface area contributed by atoms with E-state index in [-0.39, 0.29) is 0 Å². The van der Waals surface area contributed by atoms with Gasteiger partial charge in [0.2, 0.25) is 5.69 Å². The van der Waals surface area contributed by atoms with Gasteiger partial charge in [-0.3, -0.25) is 0 Å². The summed E-state index contributed by atoms with van der Waals surface area (Å²) in [6, 6.07) is 15.9. The van der Waals surface area contributed by atoms with Crippen LogP contribution >= 0.6 is 0 Å². The summed E-state index contributed by atoms with van der Waals surface area (Å²) in [5.41, 5.74) is 8.55. The van der Waals surface area contributed by atoms with Gasteiger partial charge in [-0.2, -0.15) is 0 Å². The Kier molecular flexibility index (Phi) is 4.46. The van der Waals surface area contributed by atoms with Gasteiger partial charge in [-0.25, -0.2) is 4.57 Å². The maximum Gasteiger partial charge on any atom is 0.216 e. The summed E-state index contributed by atoms with van der Waals surface area (Å²) in [5.74, 6) is 1.20. The van der Waals surface area contributed by atoms with Crippen LogP contribution in [-0.2, 0) is 7.05 Å². The van der Waals surface area contributed by atoms with Crippen LogP contribution in [0, 0.1) is 6.92 Å². The van der Waals surface area contributed by atoms with Gasteiger partial charge in [-0.15, -0.1) is 0 Å². The minimum Gasteiger partial charge on any atom is -0.455 e. The first-order valence-electron chi connectivity index (χ1n) is 11.0. The fourth-order valence-corrected chi connectivity index (χ4v) is 4.98. The molecule has 1 aliphatic carbocycles. The Morgan fingerprint density at radius 2 is 1.72 bits per heavy atom. The van der Waals surface area contributed by atoms with Gasteiger partial charge in [0.05, 0.1) is 5.56 Å². The molecule has 5 rings (SSSR count). The molecule has 0 radical (unpaired) electrons. The molecule has 2 heterocycles. The highest BCUT2D eigenvalue weighted by molar-refractivity contribution is 6.09. The van der Waals surface area contributed by atoms with E-state index in [4.69, 9.17) is 4.42 Å². The molecule has 1 aliphatic rings. The van der Waals surface area contributed by atoms with E-state index in [9.17, 15) is 0 Å². The molecule has 2 aromatic carbocycles. The fraction of sp³-hybridized carbons (Fsp3) is 0.370. The van der Waals surface area contributed by atoms with Gasteiger partial charge < -0.3 is 4.42 Å². The van der Waals surface area contributed by atoms with Crippen LogP contribution in [-0.4, -0.2) is 0 Å². The average Bonchev–Trinajstić information content (AvgIpc) is 3.36. The molecule has 148 valence electrons. The zero-order chi connectivity index (χ0) is 20.1. The van der Waals surface area contributed by atoms with Gasteiger partial charge in [-0.05, 0) is 54.4 Å². The van der Waals surface area contributed by atoms with Crippen LogP contribution in [0.3, 0.4) is 0 Å². The quantitative estimate of drug-likeness (QED) is 0.342. The van der Waals surface area contributed by atoms with Crippen LogP contribution in [0.5, 0.6) is 0 Å². The molecule has 29 heavy (non-hydrogen) atoms. The second-order valence-electron chi connectivity index (χ2n) is 9.08. The maximum atomic E-state index is 6.52. The molecule has 0 bridgehead atoms. The van der Waals surface area contributed by atoms with Crippen molar-refractivity contribution in [1.82, 2.24) is 0 Å². The number of fused-ring (bicyclic) bond motifs is 3. The van der Waals surface area contributed by atoms with E-state index in [0.717, 1.165) is 11.2 Å². The lowest BCUT2D eigenvalue weighted by molar-refractivity contribution is -0.660. The van der Waals surface area contributed by atoms with Gasteiger partial charge in [0, 0.05) is 22.9 Å². The number of aromatic nitrogens is 1. The maximum absolute atomic E-state index is 6.52. The first-order valence-corrected chi connectivity index (χ1v) is 11.0. The van der Waals surface area contributed by atoms with Crippen molar-refractivity contribution in [2.45, 2.75) is 58.3 Å². The lowest BCUT2D eigenvalue weighted by Gasteiger charge is -2.11. The number of hydrogen-bond donors (Lipinski definition) is 0. The smallest absolute Gasteiger partial charge is 0.216 e. The van der Waals surface area contributed by atoms with Crippen LogP contribution in [0.25, 0.3) is 33.2 Å². The van der Waals surface area contributed by atoms with E-state index in [1.165, 1.54) is 64.4 Å². The molecule has 4 aromatic rings. The van der Waals surface area contributed by atoms with Crippen LogP contribution in [0.2, 0.25) is 0 Å². The Bertz CT molecular complexity index is 1210. The van der Waals surface area contributed by atoms with Crippen LogP contribution in [0.4, 0.5) is 0 Å². The molecule has 0 aliphatic heterocycles. The standard InChI is InChI=1S/C27H30NO/c1-17(2)20-10-12-22-23-11-9-18(3)26(27(23)29-25(22)16-20)24-15-21(13-14-28(24)4)19-7-5-6-8-19/h9-17,19H,5-8H2,1-4H3/q+1. The minimum absolute atomic E-state index is 0.495. The van der Waals surface area contributed by atoms with E-state index in [1.807, 2.05) is 0 Å². The first-order chi connectivity index (χ1) is 14.0. The average molecular weight is 385 g/mol. The predicted octanol–water partition coefficient (Wildman–Crippen LogP) is 7.17. The predicted molar refractivity (Wildman–Crippen MR) is 120 cm³/mol. The number of nitrogens with zero attached hydrogens (tertiary/aromatic N) is 1. The molecule has 2 nitrogen and oxygen atoms in total. The Labute approximate surface area is 173 Å². The lowest BCUT2D eigenvalue weighted by atomic mass is 9.94. The third-order valence-electron chi connectivity index (χ3n) is 6.80. The van der Waals surface area contributed by atoms with Gasteiger partial charge in [-0.1, -0.05) is 51.0 Å². The van der Waals surface area contributed by atoms with Crippen molar-refractivity contribution in [1.29, 1.82) is 0 Å². The molecule has 0 amide bonds. The molecule has 2 heteroatoms. The summed E-state index contributed by atoms with van der Waals surface area (Å²) in [5, 5.41) is 2.42. The largest absolute Gasteiger partial charge is 0.455 e. The Morgan fingerprint density at radius 1 is 0.966 bits per heavy atom. The molecule has 0 unspecified atom stereocenters. The summed E-state index contributed by atoms with van der Waals surface area (Å²) in [7, 11) is 2.14. The Hall–Kier alpha value is -2.61. The van der Waals surface area contributed by atoms with E-state index in [1.54, 1.807) is 0 Å². The topological polar surface area (TPSA) is 17.0 Å². The highest BCUT2D eigenvalue weighted by Gasteiger charge is 2.24. The van der Waals surface area contributed by atoms with Crippen molar-refractivity contribution in [2.24, 2.45) is 7.05 Å². The molecule has 0 atom stereocenters. The molecular weight excluding hydrogens is 354 g/mol. The third-order valence-corrected chi connectivity index (χ3v) is 6.80. The van der Waals surface area contributed by atoms with Gasteiger partial charge >= 0.3 is 0 Å². The number of aryl methyl sites for hydroxylation is 2. The fourth-order valence-electron chi connectivity index (χ4n) is 4.98. The zero-order valence-corrected chi connectivity index (χ0v) is 18.0. The molecule has 1 saturated carbocycles. The van der Waals surface area contributed by atoms with Gasteiger partial charge in [0.1, 0.15) is 18.2 Å². The first kappa shape index (κ1) is 18.4. The summed E-state index contributed by atoms with van der Waals surface area (Å²) < 4.78 is 8.76. The Balaban J connectivity index is 1.75. The number of pyridine rings is 1. The summed E-state index contributed by atoms with van der Waals surface area (Å²) >= 11 is 0. The van der Waals surface area contributed by atoms with E-state index in [0.29, 0.717) is 11.8 Å². The third kappa shape index (κ3) is 3.06. The van der Waals surface area contributed by atoms with Crippen molar-refractivity contribution in [3.05, 3.63) is 65.4 Å². The number of rotatable bonds is 3. The molecule has 0 N–H and O–H groups in total. The van der Waals surface area contributed by atoms with E-state index >= 15 is 0 Å². The molecule has 2 aromatic heterocycles. The number of benzene rings is 2. The Morgan fingerprint density at radius 3 is 2.48 bits per heavy atom. The van der Waals surface area contributed by atoms with Crippen molar-refractivity contribution >= 4 is 21.9 Å². The van der Waals surface area contributed by atoms with Crippen LogP contribution in [0.15, 0.2) is 53.1 Å². The highest BCUT2D eigenvalue weighted by atomic mass is 16.3. The van der Waals surface area contributed by atoms with Gasteiger partial charge in [0.15, 0.2) is 6.20 Å². The second kappa shape index (κ2) is 7.02. The van der Waals surface area contributed by atoms with E-state index < -0.39 is 0 Å². The zero-order valence-electron chi connectivity index (χ0n) is 18.0. The van der Waals surface area contributed by atoms with E-state index in [2.05, 4.69) is 81.0 Å². The van der Waals surface area contributed by atoms with Crippen molar-refractivity contribution < 1.29 is 8.98 Å². The molecule has 1 fully saturated rings. The second-order valence-corrected chi connectivity index (χ2v) is 9.08. The summed E-state index contributed by atoms with van der Waals surface area (Å²) in [6.45, 7) is 6.66. The van der Waals surface area contributed by atoms with Crippen molar-refractivity contribution in [3.63, 3.8) is 0 Å². The molecule has 0 spiro atoms. The number of hydrogen-bond acceptors (Lipinski definition) is 1. The summed E-state index contributed by atoms with van der Waals surface area (Å²) in [4.78, 5) is 0. The monoisotopic (exact) mass is 384 g/mol. The van der Waals surface area contributed by atoms with Crippen LogP contribution in [0.1, 0.15) is 68.1 Å². The SMILES string of the molecule is Cc1ccc2c(oc3cc(C(C)C)ccc32)c1-c1cc(C2CCCC2)cc[n+]1C. The molecule has 0 saturated heterocycles. The normalized spacial score (nSPS) is 15.2.